The van der Waals surface area contributed by atoms with Crippen molar-refractivity contribution in [3.63, 3.8) is 0 Å². The van der Waals surface area contributed by atoms with Gasteiger partial charge in [0, 0.05) is 50.0 Å². The van der Waals surface area contributed by atoms with Gasteiger partial charge in [0.05, 0.1) is 24.5 Å². The van der Waals surface area contributed by atoms with Crippen molar-refractivity contribution in [1.29, 1.82) is 0 Å². The molecule has 10 nitrogen and oxygen atoms in total. The Hall–Kier alpha value is -3.33. The fourth-order valence-electron chi connectivity index (χ4n) is 5.42. The van der Waals surface area contributed by atoms with Crippen molar-refractivity contribution in [3.8, 4) is 11.6 Å². The van der Waals surface area contributed by atoms with E-state index < -0.39 is 67.0 Å². The maximum absolute atomic E-state index is 14.1. The predicted molar refractivity (Wildman–Crippen MR) is 134 cm³/mol. The van der Waals surface area contributed by atoms with Crippen LogP contribution < -0.4 is 0 Å². The van der Waals surface area contributed by atoms with Gasteiger partial charge in [0.2, 0.25) is 5.91 Å². The number of furan rings is 1. The summed E-state index contributed by atoms with van der Waals surface area (Å²) >= 11 is 0. The third-order valence-electron chi connectivity index (χ3n) is 7.21. The van der Waals surface area contributed by atoms with Crippen molar-refractivity contribution in [2.24, 2.45) is 0 Å². The molecule has 4 rings (SSSR count). The van der Waals surface area contributed by atoms with E-state index in [4.69, 9.17) is 4.42 Å². The van der Waals surface area contributed by atoms with Crippen LogP contribution in [-0.4, -0.2) is 90.2 Å². The van der Waals surface area contributed by atoms with E-state index in [1.807, 2.05) is 0 Å². The highest BCUT2D eigenvalue weighted by Crippen LogP contribution is 2.36. The average molecular weight is 590 g/mol. The number of fused-ring (bicyclic) bond motifs is 1. The molecule has 0 saturated carbocycles. The topological polar surface area (TPSA) is 123 Å². The number of alkyl halides is 5. The van der Waals surface area contributed by atoms with E-state index in [2.05, 4.69) is 9.97 Å². The molecular formula is C26H32F5N5O5. The molecule has 2 aliphatic rings. The molecule has 2 N–H and O–H groups in total. The number of carbonyl (C=O) groups is 2. The second-order valence-corrected chi connectivity index (χ2v) is 11.3. The molecule has 2 aromatic rings. The van der Waals surface area contributed by atoms with E-state index in [1.165, 1.54) is 23.3 Å². The maximum Gasteiger partial charge on any atom is 0.433 e. The van der Waals surface area contributed by atoms with Crippen LogP contribution in [0, 0.1) is 0 Å². The highest BCUT2D eigenvalue weighted by molar-refractivity contribution is 5.77. The number of likely N-dealkylation sites (tertiary alicyclic amines) is 1. The van der Waals surface area contributed by atoms with Crippen LogP contribution in [0.4, 0.5) is 26.7 Å². The number of aliphatic hydroxyl groups excluding tert-OH is 1. The van der Waals surface area contributed by atoms with Gasteiger partial charge in [-0.3, -0.25) is 14.6 Å². The molecule has 226 valence electrons. The van der Waals surface area contributed by atoms with Gasteiger partial charge in [-0.15, -0.1) is 0 Å². The summed E-state index contributed by atoms with van der Waals surface area (Å²) in [6, 6.07) is 1.80. The minimum atomic E-state index is -4.77. The molecule has 15 heteroatoms. The Morgan fingerprint density at radius 3 is 2.51 bits per heavy atom. The van der Waals surface area contributed by atoms with Gasteiger partial charge in [0.15, 0.2) is 17.3 Å². The number of nitrogens with zero attached hydrogens (tertiary/aromatic N) is 5. The van der Waals surface area contributed by atoms with Crippen molar-refractivity contribution in [2.45, 2.75) is 82.9 Å². The highest BCUT2D eigenvalue weighted by Gasteiger charge is 2.44. The van der Waals surface area contributed by atoms with Crippen LogP contribution >= 0.6 is 0 Å². The first-order valence-corrected chi connectivity index (χ1v) is 13.1. The minimum Gasteiger partial charge on any atom is -0.465 e. The Morgan fingerprint density at radius 1 is 1.22 bits per heavy atom. The summed E-state index contributed by atoms with van der Waals surface area (Å²) in [5, 5.41) is 21.2. The molecule has 1 fully saturated rings. The number of carboxylic acid groups (broad SMARTS) is 1. The molecule has 41 heavy (non-hydrogen) atoms. The predicted octanol–water partition coefficient (Wildman–Crippen LogP) is 4.23. The molecule has 1 unspecified atom stereocenters. The zero-order valence-corrected chi connectivity index (χ0v) is 22.8. The standard InChI is InChI=1S/C26H32F5N5O5/c1-24(2,3)36(23(39)40)15(12-35-14-25(27,28)8-6-19(35)37)11-20(38)34-9-7-16-17(13-34)32-22(18-5-4-10-41-18)33-21(16)26(29,30)31/h4-5,10,15,20,38H,6-9,11-14H2,1-3H3,(H,39,40)/t15-,20?/m0/s1. The number of aliphatic hydroxyl groups is 1. The second-order valence-electron chi connectivity index (χ2n) is 11.3. The molecule has 0 spiro atoms. The summed E-state index contributed by atoms with van der Waals surface area (Å²) < 4.78 is 75.1. The number of hydrogen-bond donors (Lipinski definition) is 2. The number of amides is 2. The lowest BCUT2D eigenvalue weighted by Gasteiger charge is -2.44. The quantitative estimate of drug-likeness (QED) is 0.461. The summed E-state index contributed by atoms with van der Waals surface area (Å²) in [5.74, 6) is -3.93. The molecule has 2 atom stereocenters. The molecule has 0 aliphatic carbocycles. The van der Waals surface area contributed by atoms with E-state index in [1.54, 1.807) is 20.8 Å². The van der Waals surface area contributed by atoms with E-state index in [9.17, 15) is 41.8 Å². The van der Waals surface area contributed by atoms with Crippen LogP contribution in [0.25, 0.3) is 11.6 Å². The third kappa shape index (κ3) is 6.94. The largest absolute Gasteiger partial charge is 0.465 e. The Labute approximate surface area is 232 Å². The zero-order chi connectivity index (χ0) is 30.3. The average Bonchev–Trinajstić information content (AvgIpc) is 3.38. The normalized spacial score (nSPS) is 19.5. The van der Waals surface area contributed by atoms with Crippen LogP contribution in [0.1, 0.15) is 57.0 Å². The van der Waals surface area contributed by atoms with Crippen LogP contribution in [0.15, 0.2) is 22.8 Å². The third-order valence-corrected chi connectivity index (χ3v) is 7.21. The lowest BCUT2D eigenvalue weighted by Crippen LogP contribution is -2.59. The van der Waals surface area contributed by atoms with Gasteiger partial charge < -0.3 is 19.5 Å². The van der Waals surface area contributed by atoms with Crippen molar-refractivity contribution in [1.82, 2.24) is 24.7 Å². The fourth-order valence-corrected chi connectivity index (χ4v) is 5.42. The first kappa shape index (κ1) is 30.6. The highest BCUT2D eigenvalue weighted by atomic mass is 19.4. The number of carbonyl (C=O) groups excluding carboxylic acids is 1. The Kier molecular flexibility index (Phi) is 8.33. The van der Waals surface area contributed by atoms with Gasteiger partial charge in [-0.2, -0.15) is 13.2 Å². The SMILES string of the molecule is CC(C)(C)N(C(=O)O)[C@@H](CC(O)N1CCc2c(nc(-c3ccco3)nc2C(F)(F)F)C1)CN1CC(F)(F)CCC1=O. The van der Waals surface area contributed by atoms with Crippen LogP contribution in [0.2, 0.25) is 0 Å². The summed E-state index contributed by atoms with van der Waals surface area (Å²) in [4.78, 5) is 36.1. The molecule has 2 amide bonds. The monoisotopic (exact) mass is 589 g/mol. The van der Waals surface area contributed by atoms with Gasteiger partial charge >= 0.3 is 12.3 Å². The Morgan fingerprint density at radius 2 is 1.93 bits per heavy atom. The smallest absolute Gasteiger partial charge is 0.433 e. The van der Waals surface area contributed by atoms with Gasteiger partial charge in [0.1, 0.15) is 6.23 Å². The van der Waals surface area contributed by atoms with Crippen molar-refractivity contribution >= 4 is 12.0 Å². The maximum atomic E-state index is 14.1. The summed E-state index contributed by atoms with van der Waals surface area (Å²) in [7, 11) is 0. The van der Waals surface area contributed by atoms with E-state index in [-0.39, 0.29) is 55.3 Å². The number of aromatic nitrogens is 2. The zero-order valence-electron chi connectivity index (χ0n) is 22.8. The molecule has 0 radical (unpaired) electrons. The molecule has 0 bridgehead atoms. The minimum absolute atomic E-state index is 0.0253. The summed E-state index contributed by atoms with van der Waals surface area (Å²) in [6.07, 6.45) is -7.71. The number of halogens is 5. The molecule has 4 heterocycles. The van der Waals surface area contributed by atoms with Crippen LogP contribution in [0.5, 0.6) is 0 Å². The molecule has 0 aromatic carbocycles. The first-order valence-electron chi connectivity index (χ1n) is 13.1. The molecule has 1 saturated heterocycles. The Balaban J connectivity index is 1.62. The number of piperidine rings is 1. The van der Waals surface area contributed by atoms with Gasteiger partial charge in [-0.25, -0.2) is 23.5 Å². The van der Waals surface area contributed by atoms with Crippen molar-refractivity contribution in [3.05, 3.63) is 35.3 Å². The van der Waals surface area contributed by atoms with Crippen molar-refractivity contribution < 1.29 is 46.2 Å². The molecule has 2 aliphatic heterocycles. The lowest BCUT2D eigenvalue weighted by atomic mass is 9.97. The fraction of sp³-hybridized carbons (Fsp3) is 0.615. The van der Waals surface area contributed by atoms with E-state index in [0.717, 1.165) is 9.80 Å². The van der Waals surface area contributed by atoms with Crippen LogP contribution in [-0.2, 0) is 23.9 Å². The molecule has 2 aromatic heterocycles. The Bertz CT molecular complexity index is 1260. The van der Waals surface area contributed by atoms with Gasteiger partial charge in [-0.05, 0) is 39.3 Å². The van der Waals surface area contributed by atoms with E-state index >= 15 is 0 Å². The van der Waals surface area contributed by atoms with Crippen molar-refractivity contribution in [2.75, 3.05) is 19.6 Å². The van der Waals surface area contributed by atoms with Gasteiger partial charge in [0.25, 0.3) is 5.92 Å². The summed E-state index contributed by atoms with van der Waals surface area (Å²) in [6.45, 7) is 3.27. The second kappa shape index (κ2) is 11.2. The number of rotatable bonds is 7. The van der Waals surface area contributed by atoms with E-state index in [0.29, 0.717) is 0 Å². The van der Waals surface area contributed by atoms with Crippen LogP contribution in [0.3, 0.4) is 0 Å². The lowest BCUT2D eigenvalue weighted by molar-refractivity contribution is -0.149. The molecular weight excluding hydrogens is 557 g/mol. The first-order chi connectivity index (χ1) is 19.0. The summed E-state index contributed by atoms with van der Waals surface area (Å²) in [5.41, 5.74) is -2.22. The van der Waals surface area contributed by atoms with Gasteiger partial charge in [-0.1, -0.05) is 0 Å². The number of hydrogen-bond acceptors (Lipinski definition) is 7.